The maximum atomic E-state index is 11.9. The number of aryl methyl sites for hydroxylation is 1. The molecule has 7 heteroatoms. The number of hydrogen-bond donors (Lipinski definition) is 1. The Morgan fingerprint density at radius 2 is 2.00 bits per heavy atom. The Kier molecular flexibility index (Phi) is 5.26. The summed E-state index contributed by atoms with van der Waals surface area (Å²) < 4.78 is 1.15. The number of carbonyl (C=O) groups excluding carboxylic acids is 1. The largest absolute Gasteiger partial charge is 0.345 e. The Morgan fingerprint density at radius 1 is 1.35 bits per heavy atom. The van der Waals surface area contributed by atoms with Crippen molar-refractivity contribution in [2.45, 2.75) is 33.2 Å². The zero-order valence-corrected chi connectivity index (χ0v) is 11.9. The van der Waals surface area contributed by atoms with Crippen molar-refractivity contribution in [2.75, 3.05) is 13.6 Å². The highest BCUT2D eigenvalue weighted by atomic mass is 16.2. The Labute approximate surface area is 116 Å². The van der Waals surface area contributed by atoms with Crippen LogP contribution in [0.1, 0.15) is 24.0 Å². The average molecular weight is 278 g/mol. The molecule has 0 saturated heterocycles. The molecule has 20 heavy (non-hydrogen) atoms. The molecule has 0 aliphatic carbocycles. The molecule has 0 saturated carbocycles. The summed E-state index contributed by atoms with van der Waals surface area (Å²) in [7, 11) is 1.60. The zero-order chi connectivity index (χ0) is 15.3. The van der Waals surface area contributed by atoms with Crippen molar-refractivity contribution >= 4 is 5.91 Å². The summed E-state index contributed by atoms with van der Waals surface area (Å²) in [5, 5.41) is 10.9. The number of carbonyl (C=O) groups is 1. The van der Waals surface area contributed by atoms with Gasteiger partial charge in [0, 0.05) is 31.1 Å². The molecule has 1 heterocycles. The minimum Gasteiger partial charge on any atom is -0.345 e. The lowest BCUT2D eigenvalue weighted by Crippen LogP contribution is -2.35. The lowest BCUT2D eigenvalue weighted by molar-refractivity contribution is -0.130. The van der Waals surface area contributed by atoms with Crippen LogP contribution in [0.5, 0.6) is 0 Å². The molecule has 1 rings (SSSR count). The number of aromatic nitrogens is 2. The first kappa shape index (κ1) is 15.7. The number of amides is 1. The molecule has 0 aliphatic rings. The summed E-state index contributed by atoms with van der Waals surface area (Å²) >= 11 is 0. The fourth-order valence-corrected chi connectivity index (χ4v) is 1.69. The van der Waals surface area contributed by atoms with Crippen LogP contribution in [0.15, 0.2) is 9.59 Å². The summed E-state index contributed by atoms with van der Waals surface area (Å²) in [5.41, 5.74) is 0.157. The van der Waals surface area contributed by atoms with Crippen LogP contribution in [-0.2, 0) is 11.3 Å². The predicted molar refractivity (Wildman–Crippen MR) is 73.3 cm³/mol. The fraction of sp³-hybridized carbons (Fsp3) is 0.538. The van der Waals surface area contributed by atoms with Gasteiger partial charge >= 0.3 is 0 Å². The predicted octanol–water partition coefficient (Wildman–Crippen LogP) is -0.0844. The van der Waals surface area contributed by atoms with Gasteiger partial charge in [0.25, 0.3) is 11.1 Å². The first-order valence-electron chi connectivity index (χ1n) is 6.29. The van der Waals surface area contributed by atoms with Crippen molar-refractivity contribution in [3.05, 3.63) is 31.8 Å². The summed E-state index contributed by atoms with van der Waals surface area (Å²) in [4.78, 5) is 36.7. The number of nitriles is 1. The number of nitrogens with zero attached hydrogens (tertiary/aromatic N) is 3. The molecule has 0 bridgehead atoms. The zero-order valence-electron chi connectivity index (χ0n) is 11.9. The van der Waals surface area contributed by atoms with Crippen LogP contribution < -0.4 is 11.1 Å². The van der Waals surface area contributed by atoms with Crippen molar-refractivity contribution in [1.29, 1.82) is 5.26 Å². The van der Waals surface area contributed by atoms with Gasteiger partial charge in [-0.15, -0.1) is 0 Å². The molecule has 1 N–H and O–H groups in total. The lowest BCUT2D eigenvalue weighted by Gasteiger charge is -2.15. The lowest BCUT2D eigenvalue weighted by atomic mass is 10.2. The topological polar surface area (TPSA) is 99.0 Å². The molecule has 0 spiro atoms. The van der Waals surface area contributed by atoms with E-state index >= 15 is 0 Å². The minimum atomic E-state index is -0.326. The quantitative estimate of drug-likeness (QED) is 0.814. The Bertz CT molecular complexity index is 651. The van der Waals surface area contributed by atoms with E-state index in [4.69, 9.17) is 5.26 Å². The first-order valence-corrected chi connectivity index (χ1v) is 6.29. The second-order valence-electron chi connectivity index (χ2n) is 4.62. The van der Waals surface area contributed by atoms with Crippen LogP contribution in [0.4, 0.5) is 0 Å². The van der Waals surface area contributed by atoms with Crippen LogP contribution in [0.3, 0.4) is 0 Å². The monoisotopic (exact) mass is 278 g/mol. The molecule has 0 aromatic carbocycles. The summed E-state index contributed by atoms with van der Waals surface area (Å²) in [6, 6.07) is 1.96. The maximum Gasteiger partial charge on any atom is 0.268 e. The number of nitrogens with one attached hydrogen (secondary N) is 1. The molecule has 7 nitrogen and oxygen atoms in total. The van der Waals surface area contributed by atoms with Crippen molar-refractivity contribution < 1.29 is 4.79 Å². The van der Waals surface area contributed by atoms with Crippen molar-refractivity contribution in [1.82, 2.24) is 14.7 Å². The second kappa shape index (κ2) is 6.70. The molecular formula is C13H18N4O3. The van der Waals surface area contributed by atoms with Gasteiger partial charge in [0.1, 0.15) is 0 Å². The number of aromatic amines is 1. The van der Waals surface area contributed by atoms with Crippen LogP contribution in [-0.4, -0.2) is 34.2 Å². The van der Waals surface area contributed by atoms with E-state index < -0.39 is 0 Å². The number of H-pyrrole nitrogens is 1. The standard InChI is InChI=1S/C13H18N4O3/c1-9-10(2)13(20)17(15-12(9)19)8-5-11(18)16(3)7-4-6-14/h4-5,7-8H2,1-3H3,(H,15,19). The van der Waals surface area contributed by atoms with Gasteiger partial charge in [0.05, 0.1) is 19.0 Å². The molecular weight excluding hydrogens is 260 g/mol. The maximum absolute atomic E-state index is 11.9. The molecule has 108 valence electrons. The van der Waals surface area contributed by atoms with E-state index in [9.17, 15) is 14.4 Å². The molecule has 0 aliphatic heterocycles. The van der Waals surface area contributed by atoms with Gasteiger partial charge < -0.3 is 4.90 Å². The molecule has 1 amide bonds. The number of rotatable bonds is 5. The highest BCUT2D eigenvalue weighted by molar-refractivity contribution is 5.75. The number of hydrogen-bond acceptors (Lipinski definition) is 4. The van der Waals surface area contributed by atoms with Gasteiger partial charge in [-0.3, -0.25) is 19.5 Å². The Hall–Kier alpha value is -2.36. The van der Waals surface area contributed by atoms with E-state index in [0.717, 1.165) is 4.68 Å². The highest BCUT2D eigenvalue weighted by Crippen LogP contribution is 1.96. The SMILES string of the molecule is Cc1c(C)c(=O)n(CCC(=O)N(C)CCC#N)[nH]c1=O. The fourth-order valence-electron chi connectivity index (χ4n) is 1.69. The summed E-state index contributed by atoms with van der Waals surface area (Å²) in [5.74, 6) is -0.175. The summed E-state index contributed by atoms with van der Waals surface area (Å²) in [6.07, 6.45) is 0.364. The summed E-state index contributed by atoms with van der Waals surface area (Å²) in [6.45, 7) is 3.64. The Balaban J connectivity index is 2.77. The molecule has 0 fully saturated rings. The minimum absolute atomic E-state index is 0.0975. The van der Waals surface area contributed by atoms with Crippen LogP contribution in [0, 0.1) is 25.2 Å². The normalized spacial score (nSPS) is 10.1. The van der Waals surface area contributed by atoms with E-state index in [1.807, 2.05) is 6.07 Å². The third-order valence-corrected chi connectivity index (χ3v) is 3.24. The smallest absolute Gasteiger partial charge is 0.268 e. The van der Waals surface area contributed by atoms with Gasteiger partial charge in [-0.1, -0.05) is 0 Å². The van der Waals surface area contributed by atoms with Crippen LogP contribution in [0.25, 0.3) is 0 Å². The van der Waals surface area contributed by atoms with Crippen molar-refractivity contribution in [3.8, 4) is 6.07 Å². The Morgan fingerprint density at radius 3 is 2.60 bits per heavy atom. The van der Waals surface area contributed by atoms with E-state index in [0.29, 0.717) is 17.7 Å². The van der Waals surface area contributed by atoms with Gasteiger partial charge in [-0.2, -0.15) is 5.26 Å². The van der Waals surface area contributed by atoms with E-state index in [1.54, 1.807) is 20.9 Å². The van der Waals surface area contributed by atoms with Gasteiger partial charge in [0.2, 0.25) is 5.91 Å². The van der Waals surface area contributed by atoms with Crippen LogP contribution >= 0.6 is 0 Å². The third kappa shape index (κ3) is 3.57. The van der Waals surface area contributed by atoms with Gasteiger partial charge in [0.15, 0.2) is 0 Å². The van der Waals surface area contributed by atoms with Crippen molar-refractivity contribution in [3.63, 3.8) is 0 Å². The molecule has 0 unspecified atom stereocenters. The van der Waals surface area contributed by atoms with Crippen molar-refractivity contribution in [2.24, 2.45) is 0 Å². The molecule has 0 atom stereocenters. The van der Waals surface area contributed by atoms with E-state index in [1.165, 1.54) is 4.90 Å². The average Bonchev–Trinajstić information content (AvgIpc) is 2.44. The molecule has 0 radical (unpaired) electrons. The first-order chi connectivity index (χ1) is 9.38. The third-order valence-electron chi connectivity index (χ3n) is 3.24. The van der Waals surface area contributed by atoms with E-state index in [2.05, 4.69) is 5.10 Å². The van der Waals surface area contributed by atoms with Crippen LogP contribution in [0.2, 0.25) is 0 Å². The highest BCUT2D eigenvalue weighted by Gasteiger charge is 2.11. The molecule has 1 aromatic rings. The second-order valence-corrected chi connectivity index (χ2v) is 4.62. The van der Waals surface area contributed by atoms with Gasteiger partial charge in [-0.25, -0.2) is 4.68 Å². The van der Waals surface area contributed by atoms with Gasteiger partial charge in [-0.05, 0) is 13.8 Å². The molecule has 1 aromatic heterocycles. The van der Waals surface area contributed by atoms with E-state index in [-0.39, 0.29) is 36.4 Å².